The van der Waals surface area contributed by atoms with Crippen molar-refractivity contribution in [3.63, 3.8) is 0 Å². The number of nitrogens with zero attached hydrogens (tertiary/aromatic N) is 1. The monoisotopic (exact) mass is 546 g/mol. The molecule has 35 heavy (non-hydrogen) atoms. The minimum atomic E-state index is -1.17. The molecule has 5 aromatic rings. The Kier molecular flexibility index (Phi) is 6.28. The van der Waals surface area contributed by atoms with E-state index >= 15 is 0 Å². The van der Waals surface area contributed by atoms with Gasteiger partial charge in [0.2, 0.25) is 0 Å². The first-order chi connectivity index (χ1) is 16.5. The Balaban J connectivity index is 0.000000142. The summed E-state index contributed by atoms with van der Waals surface area (Å²) in [4.78, 5) is 0. The maximum absolute atomic E-state index is 2.51. The molecule has 0 N–H and O–H groups in total. The van der Waals surface area contributed by atoms with E-state index in [2.05, 4.69) is 135 Å². The van der Waals surface area contributed by atoms with Crippen molar-refractivity contribution in [3.05, 3.63) is 126 Å². The third-order valence-corrected chi connectivity index (χ3v) is 11.8. The van der Waals surface area contributed by atoms with Crippen molar-refractivity contribution >= 4 is 24.0 Å². The molecule has 8 rings (SSSR count). The molecule has 3 heteroatoms. The second-order valence-electron chi connectivity index (χ2n) is 10.2. The van der Waals surface area contributed by atoms with Gasteiger partial charge in [-0.2, -0.15) is 6.07 Å². The zero-order valence-electron chi connectivity index (χ0n) is 20.8. The standard InChI is InChI=1S/C16H17NSi.C16H13.Zr/c1-11-15-13-9-10-17(12-7-5-4-6-8-12)14(13)16(11)18(15,2)3;1-12-10-14-8-5-9-15(16(14)11-12)13-6-3-2-4-7-13;/h4-10,15H,1-3H3;2-11H,1H3;/q;-1;. The molecule has 4 aromatic carbocycles. The molecule has 0 fully saturated rings. The third kappa shape index (κ3) is 3.81. The van der Waals surface area contributed by atoms with E-state index in [1.165, 1.54) is 38.8 Å². The molecule has 172 valence electrons. The van der Waals surface area contributed by atoms with Gasteiger partial charge in [0.1, 0.15) is 0 Å². The summed E-state index contributed by atoms with van der Waals surface area (Å²) in [5, 5.41) is 4.39. The molecule has 3 heterocycles. The maximum atomic E-state index is 2.51. The molecular weight excluding hydrogens is 518 g/mol. The van der Waals surface area contributed by atoms with Gasteiger partial charge in [0, 0.05) is 49.3 Å². The van der Waals surface area contributed by atoms with Crippen LogP contribution < -0.4 is 0 Å². The van der Waals surface area contributed by atoms with Crippen molar-refractivity contribution in [2.45, 2.75) is 32.5 Å². The van der Waals surface area contributed by atoms with Crippen LogP contribution in [0, 0.1) is 6.92 Å². The summed E-state index contributed by atoms with van der Waals surface area (Å²) in [5.41, 5.74) is 10.8. The number of fused-ring (bicyclic) bond motifs is 1. The SMILES string of the molecule is CC1=C2c3c(ccn3-c3ccccc3)C1[Si]2(C)C.Cc1cc2c(-c3ccccc3)cccc2[cH-]1.[Zr]. The molecule has 2 aliphatic heterocycles. The Labute approximate surface area is 228 Å². The minimum Gasteiger partial charge on any atom is -0.317 e. The normalized spacial score (nSPS) is 16.7. The second-order valence-corrected chi connectivity index (χ2v) is 14.8. The summed E-state index contributed by atoms with van der Waals surface area (Å²) in [6.45, 7) is 9.49. The van der Waals surface area contributed by atoms with Crippen LogP contribution in [0.1, 0.15) is 29.3 Å². The van der Waals surface area contributed by atoms with Gasteiger partial charge >= 0.3 is 0 Å². The molecule has 1 aliphatic carbocycles. The van der Waals surface area contributed by atoms with Gasteiger partial charge < -0.3 is 4.57 Å². The van der Waals surface area contributed by atoms with Gasteiger partial charge in [-0.15, -0.1) is 34.5 Å². The fourth-order valence-electron chi connectivity index (χ4n) is 6.38. The van der Waals surface area contributed by atoms with E-state index < -0.39 is 8.07 Å². The van der Waals surface area contributed by atoms with Crippen LogP contribution in [0.15, 0.2) is 109 Å². The zero-order valence-corrected chi connectivity index (χ0v) is 24.3. The van der Waals surface area contributed by atoms with Crippen LogP contribution in [0.25, 0.3) is 32.8 Å². The summed E-state index contributed by atoms with van der Waals surface area (Å²) in [7, 11) is -1.17. The van der Waals surface area contributed by atoms with Gasteiger partial charge in [-0.1, -0.05) is 85.8 Å². The molecule has 1 atom stereocenters. The Morgan fingerprint density at radius 1 is 0.800 bits per heavy atom. The van der Waals surface area contributed by atoms with Gasteiger partial charge in [0.05, 0.1) is 8.07 Å². The first kappa shape index (κ1) is 24.1. The van der Waals surface area contributed by atoms with Crippen LogP contribution in [0.5, 0.6) is 0 Å². The van der Waals surface area contributed by atoms with E-state index in [1.54, 1.807) is 16.3 Å². The third-order valence-electron chi connectivity index (χ3n) is 7.67. The van der Waals surface area contributed by atoms with Crippen LogP contribution in [-0.4, -0.2) is 12.6 Å². The van der Waals surface area contributed by atoms with Crippen molar-refractivity contribution in [1.82, 2.24) is 4.57 Å². The van der Waals surface area contributed by atoms with Gasteiger partial charge in [-0.25, -0.2) is 0 Å². The quantitative estimate of drug-likeness (QED) is 0.154. The maximum Gasteiger partial charge on any atom is 0.0950 e. The van der Waals surface area contributed by atoms with Crippen molar-refractivity contribution in [2.75, 3.05) is 0 Å². The number of para-hydroxylation sites is 1. The Morgan fingerprint density at radius 3 is 2.17 bits per heavy atom. The fraction of sp³-hybridized carbons (Fsp3) is 0.156. The van der Waals surface area contributed by atoms with Crippen molar-refractivity contribution in [1.29, 1.82) is 0 Å². The van der Waals surface area contributed by atoms with E-state index in [-0.39, 0.29) is 26.2 Å². The van der Waals surface area contributed by atoms with Crippen LogP contribution in [-0.2, 0) is 26.2 Å². The van der Waals surface area contributed by atoms with Crippen molar-refractivity contribution in [3.8, 4) is 16.8 Å². The smallest absolute Gasteiger partial charge is 0.0950 e. The van der Waals surface area contributed by atoms with Crippen molar-refractivity contribution in [2.24, 2.45) is 0 Å². The largest absolute Gasteiger partial charge is 0.317 e. The van der Waals surface area contributed by atoms with Crippen LogP contribution >= 0.6 is 0 Å². The zero-order chi connectivity index (χ0) is 23.4. The Hall–Kier alpha value is -2.61. The number of allylic oxidation sites excluding steroid dienone is 1. The number of rotatable bonds is 2. The topological polar surface area (TPSA) is 4.93 Å². The van der Waals surface area contributed by atoms with Gasteiger partial charge in [0.15, 0.2) is 0 Å². The van der Waals surface area contributed by atoms with Gasteiger partial charge in [-0.3, -0.25) is 0 Å². The predicted octanol–water partition coefficient (Wildman–Crippen LogP) is 8.68. The van der Waals surface area contributed by atoms with E-state index in [9.17, 15) is 0 Å². The summed E-state index contributed by atoms with van der Waals surface area (Å²) in [6.07, 6.45) is 2.24. The van der Waals surface area contributed by atoms with E-state index in [1.807, 2.05) is 0 Å². The predicted molar refractivity (Wildman–Crippen MR) is 148 cm³/mol. The van der Waals surface area contributed by atoms with E-state index in [0.717, 1.165) is 5.54 Å². The number of aryl methyl sites for hydroxylation is 1. The molecule has 0 radical (unpaired) electrons. The number of benzene rings is 3. The van der Waals surface area contributed by atoms with E-state index in [0.29, 0.717) is 0 Å². The average Bonchev–Trinajstić information content (AvgIpc) is 3.56. The molecule has 0 saturated carbocycles. The van der Waals surface area contributed by atoms with E-state index in [4.69, 9.17) is 0 Å². The molecule has 1 aromatic heterocycles. The van der Waals surface area contributed by atoms with Crippen LogP contribution in [0.3, 0.4) is 0 Å². The molecule has 0 spiro atoms. The molecule has 2 bridgehead atoms. The first-order valence-electron chi connectivity index (χ1n) is 12.2. The van der Waals surface area contributed by atoms with Gasteiger partial charge in [-0.05, 0) is 41.4 Å². The number of hydrogen-bond acceptors (Lipinski definition) is 0. The second kappa shape index (κ2) is 9.12. The van der Waals surface area contributed by atoms with Crippen LogP contribution in [0.4, 0.5) is 0 Å². The average molecular weight is 548 g/mol. The minimum absolute atomic E-state index is 0. The molecule has 3 aliphatic rings. The molecular formula is C32H30NSiZr-. The first-order valence-corrected chi connectivity index (χ1v) is 15.2. The number of aromatic nitrogens is 1. The Morgan fingerprint density at radius 2 is 1.49 bits per heavy atom. The summed E-state index contributed by atoms with van der Waals surface area (Å²) >= 11 is 0. The molecule has 1 unspecified atom stereocenters. The van der Waals surface area contributed by atoms with Crippen LogP contribution in [0.2, 0.25) is 13.1 Å². The fourth-order valence-corrected chi connectivity index (χ4v) is 10.7. The number of hydrogen-bond donors (Lipinski definition) is 0. The molecule has 0 amide bonds. The summed E-state index contributed by atoms with van der Waals surface area (Å²) in [6, 6.07) is 34.6. The Bertz CT molecular complexity index is 1540. The van der Waals surface area contributed by atoms with Gasteiger partial charge in [0.25, 0.3) is 0 Å². The molecule has 0 saturated heterocycles. The summed E-state index contributed by atoms with van der Waals surface area (Å²) < 4.78 is 2.38. The van der Waals surface area contributed by atoms with Crippen molar-refractivity contribution < 1.29 is 26.2 Å². The summed E-state index contributed by atoms with van der Waals surface area (Å²) in [5.74, 6) is 0. The molecule has 1 nitrogen and oxygen atoms in total.